The second kappa shape index (κ2) is 10.4. The number of hydrogen-bond donors (Lipinski definition) is 1. The molecule has 1 N–H and O–H groups in total. The summed E-state index contributed by atoms with van der Waals surface area (Å²) < 4.78 is 11.9. The lowest BCUT2D eigenvalue weighted by Crippen LogP contribution is -2.37. The fourth-order valence-corrected chi connectivity index (χ4v) is 4.63. The molecule has 3 aromatic carbocycles. The lowest BCUT2D eigenvalue weighted by atomic mass is 9.91. The van der Waals surface area contributed by atoms with Gasteiger partial charge in [-0.2, -0.15) is 0 Å². The highest BCUT2D eigenvalue weighted by atomic mass is 35.5. The quantitative estimate of drug-likeness (QED) is 0.451. The Balaban J connectivity index is 1.56. The fourth-order valence-electron chi connectivity index (χ4n) is 4.51. The third-order valence-corrected chi connectivity index (χ3v) is 6.38. The molecular formula is C28H28ClNO5. The first-order chi connectivity index (χ1) is 16.8. The number of carbonyl (C=O) groups excluding carboxylic acids is 1. The molecule has 35 heavy (non-hydrogen) atoms. The van der Waals surface area contributed by atoms with E-state index in [4.69, 9.17) is 21.1 Å². The maximum absolute atomic E-state index is 13.4. The number of benzene rings is 3. The van der Waals surface area contributed by atoms with Gasteiger partial charge in [0.2, 0.25) is 0 Å². The molecular weight excluding hydrogens is 466 g/mol. The predicted molar refractivity (Wildman–Crippen MR) is 135 cm³/mol. The smallest absolute Gasteiger partial charge is 0.323 e. The third kappa shape index (κ3) is 5.95. The largest absolute Gasteiger partial charge is 0.493 e. The van der Waals surface area contributed by atoms with Crippen molar-refractivity contribution in [1.29, 1.82) is 0 Å². The van der Waals surface area contributed by atoms with Crippen LogP contribution in [0.25, 0.3) is 0 Å². The van der Waals surface area contributed by atoms with Crippen LogP contribution in [0.2, 0.25) is 5.02 Å². The number of ether oxygens (including phenoxy) is 2. The van der Waals surface area contributed by atoms with Gasteiger partial charge in [-0.3, -0.25) is 9.59 Å². The van der Waals surface area contributed by atoms with Gasteiger partial charge in [-0.05, 0) is 48.7 Å². The Bertz CT molecular complexity index is 1210. The molecule has 1 atom stereocenters. The summed E-state index contributed by atoms with van der Waals surface area (Å²) in [4.78, 5) is 26.3. The summed E-state index contributed by atoms with van der Waals surface area (Å²) in [6.45, 7) is 1.94. The van der Waals surface area contributed by atoms with E-state index in [1.807, 2.05) is 61.5 Å². The molecule has 6 nitrogen and oxygen atoms in total. The average molecular weight is 494 g/mol. The van der Waals surface area contributed by atoms with Crippen LogP contribution >= 0.6 is 11.6 Å². The molecule has 0 bridgehead atoms. The Morgan fingerprint density at radius 3 is 2.46 bits per heavy atom. The molecule has 0 fully saturated rings. The van der Waals surface area contributed by atoms with Gasteiger partial charge in [0.1, 0.15) is 12.1 Å². The van der Waals surface area contributed by atoms with Crippen molar-refractivity contribution >= 4 is 23.5 Å². The predicted octanol–water partition coefficient (Wildman–Crippen LogP) is 5.05. The lowest BCUT2D eigenvalue weighted by Gasteiger charge is -2.24. The number of amides is 1. The molecule has 7 heteroatoms. The van der Waals surface area contributed by atoms with Gasteiger partial charge < -0.3 is 19.5 Å². The summed E-state index contributed by atoms with van der Waals surface area (Å²) in [7, 11) is 1.53. The number of aliphatic carboxylic acids is 1. The molecule has 1 aliphatic heterocycles. The SMILES string of the molecule is COc1cc(C(=O)N(CCc2ccccc2)CC(=O)O)cc2c1OC(C)(Cc1ccc(Cl)cc1)C2. The average Bonchev–Trinajstić information content (AvgIpc) is 3.18. The van der Waals surface area contributed by atoms with Crippen LogP contribution in [0.5, 0.6) is 11.5 Å². The summed E-state index contributed by atoms with van der Waals surface area (Å²) >= 11 is 6.02. The first-order valence-electron chi connectivity index (χ1n) is 11.5. The molecule has 1 aliphatic rings. The second-order valence-corrected chi connectivity index (χ2v) is 9.49. The van der Waals surface area contributed by atoms with Crippen molar-refractivity contribution in [2.75, 3.05) is 20.2 Å². The van der Waals surface area contributed by atoms with Gasteiger partial charge in [0.05, 0.1) is 7.11 Å². The molecule has 0 spiro atoms. The highest BCUT2D eigenvalue weighted by Crippen LogP contribution is 2.44. The van der Waals surface area contributed by atoms with Gasteiger partial charge >= 0.3 is 5.97 Å². The number of hydrogen-bond acceptors (Lipinski definition) is 4. The van der Waals surface area contributed by atoms with Crippen molar-refractivity contribution in [1.82, 2.24) is 4.90 Å². The topological polar surface area (TPSA) is 76.1 Å². The zero-order valence-corrected chi connectivity index (χ0v) is 20.5. The standard InChI is InChI=1S/C28H28ClNO5/c1-28(16-20-8-10-23(29)11-9-20)17-22-14-21(15-24(34-2)26(22)35-28)27(33)30(18-25(31)32)13-12-19-6-4-3-5-7-19/h3-11,14-15H,12-13,16-18H2,1-2H3,(H,31,32). The van der Waals surface area contributed by atoms with Crippen molar-refractivity contribution < 1.29 is 24.2 Å². The van der Waals surface area contributed by atoms with Crippen molar-refractivity contribution in [2.24, 2.45) is 0 Å². The van der Waals surface area contributed by atoms with E-state index >= 15 is 0 Å². The second-order valence-electron chi connectivity index (χ2n) is 9.05. The Morgan fingerprint density at radius 1 is 1.09 bits per heavy atom. The van der Waals surface area contributed by atoms with Crippen LogP contribution in [0.1, 0.15) is 34.0 Å². The summed E-state index contributed by atoms with van der Waals surface area (Å²) in [5, 5.41) is 10.1. The Kier molecular flexibility index (Phi) is 7.31. The maximum Gasteiger partial charge on any atom is 0.323 e. The van der Waals surface area contributed by atoms with E-state index in [-0.39, 0.29) is 12.5 Å². The minimum atomic E-state index is -1.06. The summed E-state index contributed by atoms with van der Waals surface area (Å²) in [6.07, 6.45) is 1.81. The van der Waals surface area contributed by atoms with E-state index in [0.29, 0.717) is 47.9 Å². The van der Waals surface area contributed by atoms with Crippen LogP contribution in [0, 0.1) is 0 Å². The van der Waals surface area contributed by atoms with Crippen molar-refractivity contribution in [2.45, 2.75) is 31.8 Å². The summed E-state index contributed by atoms with van der Waals surface area (Å²) in [5.74, 6) is -0.326. The number of halogens is 1. The molecule has 1 amide bonds. The minimum Gasteiger partial charge on any atom is -0.493 e. The van der Waals surface area contributed by atoms with Crippen LogP contribution in [-0.2, 0) is 24.1 Å². The van der Waals surface area contributed by atoms with Gasteiger partial charge in [0.15, 0.2) is 11.5 Å². The molecule has 1 heterocycles. The third-order valence-electron chi connectivity index (χ3n) is 6.13. The number of rotatable bonds is 9. The van der Waals surface area contributed by atoms with E-state index in [0.717, 1.165) is 16.7 Å². The number of carboxylic acid groups (broad SMARTS) is 1. The lowest BCUT2D eigenvalue weighted by molar-refractivity contribution is -0.137. The van der Waals surface area contributed by atoms with Crippen molar-refractivity contribution in [3.05, 3.63) is 94.0 Å². The summed E-state index contributed by atoms with van der Waals surface area (Å²) in [5.41, 5.74) is 2.86. The van der Waals surface area contributed by atoms with E-state index in [2.05, 4.69) is 0 Å². The molecule has 3 aromatic rings. The van der Waals surface area contributed by atoms with E-state index in [1.165, 1.54) is 12.0 Å². The number of carboxylic acids is 1. The van der Waals surface area contributed by atoms with Crippen LogP contribution < -0.4 is 9.47 Å². The zero-order chi connectivity index (χ0) is 25.0. The van der Waals surface area contributed by atoms with E-state index in [1.54, 1.807) is 12.1 Å². The van der Waals surface area contributed by atoms with E-state index < -0.39 is 11.6 Å². The number of nitrogens with zero attached hydrogens (tertiary/aromatic N) is 1. The highest BCUT2D eigenvalue weighted by molar-refractivity contribution is 6.30. The van der Waals surface area contributed by atoms with Crippen LogP contribution in [0.4, 0.5) is 0 Å². The van der Waals surface area contributed by atoms with Gasteiger partial charge in [-0.1, -0.05) is 54.1 Å². The molecule has 0 saturated carbocycles. The number of fused-ring (bicyclic) bond motifs is 1. The van der Waals surface area contributed by atoms with Gasteiger partial charge in [0.25, 0.3) is 5.91 Å². The summed E-state index contributed by atoms with van der Waals surface area (Å²) in [6, 6.07) is 20.8. The van der Waals surface area contributed by atoms with Crippen molar-refractivity contribution in [3.63, 3.8) is 0 Å². The van der Waals surface area contributed by atoms with Crippen LogP contribution in [-0.4, -0.2) is 47.7 Å². The first-order valence-corrected chi connectivity index (χ1v) is 11.8. The Morgan fingerprint density at radius 2 is 1.80 bits per heavy atom. The molecule has 0 aliphatic carbocycles. The number of methoxy groups -OCH3 is 1. The molecule has 4 rings (SSSR count). The van der Waals surface area contributed by atoms with Gasteiger partial charge in [-0.15, -0.1) is 0 Å². The van der Waals surface area contributed by atoms with E-state index in [9.17, 15) is 14.7 Å². The van der Waals surface area contributed by atoms with Crippen molar-refractivity contribution in [3.8, 4) is 11.5 Å². The van der Waals surface area contributed by atoms with Crippen LogP contribution in [0.3, 0.4) is 0 Å². The fraction of sp³-hybridized carbons (Fsp3) is 0.286. The molecule has 0 aromatic heterocycles. The molecule has 1 unspecified atom stereocenters. The maximum atomic E-state index is 13.4. The van der Waals surface area contributed by atoms with Crippen LogP contribution in [0.15, 0.2) is 66.7 Å². The Hall–Kier alpha value is -3.51. The normalized spacial score (nSPS) is 16.3. The number of carbonyl (C=O) groups is 2. The Labute approximate surface area is 210 Å². The highest BCUT2D eigenvalue weighted by Gasteiger charge is 2.38. The van der Waals surface area contributed by atoms with Gasteiger partial charge in [-0.25, -0.2) is 0 Å². The first kappa shape index (κ1) is 24.6. The molecule has 0 saturated heterocycles. The molecule has 0 radical (unpaired) electrons. The van der Waals surface area contributed by atoms with Gasteiger partial charge in [0, 0.05) is 35.5 Å². The monoisotopic (exact) mass is 493 g/mol. The molecule has 182 valence electrons. The zero-order valence-electron chi connectivity index (χ0n) is 19.8. The minimum absolute atomic E-state index is 0.291.